The summed E-state index contributed by atoms with van der Waals surface area (Å²) in [6.45, 7) is 0.647. The normalized spacial score (nSPS) is 16.6. The van der Waals surface area contributed by atoms with Crippen molar-refractivity contribution in [1.82, 2.24) is 4.57 Å². The van der Waals surface area contributed by atoms with E-state index in [0.29, 0.717) is 24.2 Å². The Morgan fingerprint density at radius 3 is 2.67 bits per heavy atom. The fourth-order valence-corrected chi connectivity index (χ4v) is 3.53. The Labute approximate surface area is 130 Å². The van der Waals surface area contributed by atoms with Gasteiger partial charge in [-0.2, -0.15) is 0 Å². The second-order valence-electron chi connectivity index (χ2n) is 4.97. The summed E-state index contributed by atoms with van der Waals surface area (Å²) in [6.07, 6.45) is 0.663. The smallest absolute Gasteiger partial charge is 0.314 e. The predicted molar refractivity (Wildman–Crippen MR) is 81.4 cm³/mol. The number of ketones is 1. The molecule has 0 N–H and O–H groups in total. The van der Waals surface area contributed by atoms with Gasteiger partial charge in [0, 0.05) is 22.3 Å². The van der Waals surface area contributed by atoms with Gasteiger partial charge in [-0.05, 0) is 28.4 Å². The predicted octanol–water partition coefficient (Wildman–Crippen LogP) is 3.14. The molecule has 0 saturated heterocycles. The van der Waals surface area contributed by atoms with Crippen molar-refractivity contribution in [2.45, 2.75) is 18.9 Å². The maximum atomic E-state index is 12.6. The second-order valence-corrected chi connectivity index (χ2v) is 5.83. The van der Waals surface area contributed by atoms with Gasteiger partial charge in [0.25, 0.3) is 0 Å². The maximum absolute atomic E-state index is 12.6. The van der Waals surface area contributed by atoms with Gasteiger partial charge in [0.05, 0.1) is 18.7 Å². The number of carbonyl (C=O) groups is 2. The van der Waals surface area contributed by atoms with Gasteiger partial charge in [-0.15, -0.1) is 0 Å². The summed E-state index contributed by atoms with van der Waals surface area (Å²) in [6, 6.07) is 10.9. The summed E-state index contributed by atoms with van der Waals surface area (Å²) >= 11 is 3.47. The number of benzene rings is 1. The van der Waals surface area contributed by atoms with Crippen LogP contribution in [0.4, 0.5) is 0 Å². The number of esters is 1. The number of hydrogen-bond donors (Lipinski definition) is 0. The molecule has 1 aliphatic rings. The molecule has 1 aromatic carbocycles. The second kappa shape index (κ2) is 5.48. The van der Waals surface area contributed by atoms with E-state index in [9.17, 15) is 9.59 Å². The molecule has 2 heterocycles. The van der Waals surface area contributed by atoms with Crippen LogP contribution >= 0.6 is 15.9 Å². The Hall–Kier alpha value is -1.88. The third-order valence-electron chi connectivity index (χ3n) is 3.82. The van der Waals surface area contributed by atoms with Crippen molar-refractivity contribution in [2.75, 3.05) is 7.11 Å². The van der Waals surface area contributed by atoms with E-state index in [2.05, 4.69) is 15.9 Å². The zero-order valence-electron chi connectivity index (χ0n) is 11.5. The topological polar surface area (TPSA) is 48.3 Å². The van der Waals surface area contributed by atoms with Gasteiger partial charge >= 0.3 is 5.97 Å². The van der Waals surface area contributed by atoms with Crippen LogP contribution in [0.5, 0.6) is 0 Å². The Morgan fingerprint density at radius 2 is 2.00 bits per heavy atom. The third-order valence-corrected chi connectivity index (χ3v) is 4.45. The molecular weight excluding hydrogens is 334 g/mol. The van der Waals surface area contributed by atoms with Crippen molar-refractivity contribution in [3.8, 4) is 0 Å². The molecule has 1 unspecified atom stereocenters. The highest BCUT2D eigenvalue weighted by atomic mass is 79.9. The number of ether oxygens (including phenoxy) is 1. The van der Waals surface area contributed by atoms with Crippen molar-refractivity contribution >= 4 is 27.7 Å². The lowest BCUT2D eigenvalue weighted by molar-refractivity contribution is -0.142. The van der Waals surface area contributed by atoms with Gasteiger partial charge in [-0.1, -0.05) is 30.3 Å². The van der Waals surface area contributed by atoms with E-state index < -0.39 is 0 Å². The lowest BCUT2D eigenvalue weighted by atomic mass is 10.1. The molecule has 4 nitrogen and oxygen atoms in total. The number of halogens is 1. The highest BCUT2D eigenvalue weighted by molar-refractivity contribution is 9.10. The highest BCUT2D eigenvalue weighted by Crippen LogP contribution is 2.38. The zero-order chi connectivity index (χ0) is 15.0. The van der Waals surface area contributed by atoms with Crippen LogP contribution in [0.15, 0.2) is 40.9 Å². The minimum Gasteiger partial charge on any atom is -0.469 e. The van der Waals surface area contributed by atoms with Gasteiger partial charge in [0.1, 0.15) is 0 Å². The Kier molecular flexibility index (Phi) is 3.68. The summed E-state index contributed by atoms with van der Waals surface area (Å²) in [5, 5.41) is 0. The van der Waals surface area contributed by atoms with Crippen LogP contribution in [0.25, 0.3) is 0 Å². The maximum Gasteiger partial charge on any atom is 0.314 e. The summed E-state index contributed by atoms with van der Waals surface area (Å²) in [5.74, 6) is -0.596. The largest absolute Gasteiger partial charge is 0.469 e. The Morgan fingerprint density at radius 1 is 1.29 bits per heavy atom. The van der Waals surface area contributed by atoms with Gasteiger partial charge in [-0.25, -0.2) is 0 Å². The molecule has 108 valence electrons. The molecule has 3 rings (SSSR count). The van der Waals surface area contributed by atoms with Crippen LogP contribution in [0.3, 0.4) is 0 Å². The minimum atomic E-state index is -0.304. The number of nitrogens with zero attached hydrogens (tertiary/aromatic N) is 1. The van der Waals surface area contributed by atoms with Gasteiger partial charge in [0.2, 0.25) is 5.78 Å². The SMILES string of the molecule is COC(=O)C1CCn2c(C(=O)c3ccccc3)cc(Br)c21. The number of hydrogen-bond acceptors (Lipinski definition) is 3. The molecule has 0 saturated carbocycles. The highest BCUT2D eigenvalue weighted by Gasteiger charge is 2.35. The first-order chi connectivity index (χ1) is 10.1. The van der Waals surface area contributed by atoms with Crippen molar-refractivity contribution in [1.29, 1.82) is 0 Å². The van der Waals surface area contributed by atoms with Gasteiger partial charge in [-0.3, -0.25) is 9.59 Å². The third kappa shape index (κ3) is 2.31. The van der Waals surface area contributed by atoms with Crippen molar-refractivity contribution in [3.63, 3.8) is 0 Å². The fourth-order valence-electron chi connectivity index (χ4n) is 2.82. The number of methoxy groups -OCH3 is 1. The quantitative estimate of drug-likeness (QED) is 0.633. The molecule has 1 atom stereocenters. The number of fused-ring (bicyclic) bond motifs is 1. The number of rotatable bonds is 3. The van der Waals surface area contributed by atoms with Crippen LogP contribution in [0, 0.1) is 0 Å². The first-order valence-corrected chi connectivity index (χ1v) is 7.49. The van der Waals surface area contributed by atoms with E-state index in [-0.39, 0.29) is 17.7 Å². The molecule has 1 aromatic heterocycles. The van der Waals surface area contributed by atoms with Crippen LogP contribution in [0.2, 0.25) is 0 Å². The standard InChI is InChI=1S/C16H14BrNO3/c1-21-16(20)11-7-8-18-13(9-12(17)14(11)18)15(19)10-5-3-2-4-6-10/h2-6,9,11H,7-8H2,1H3. The average Bonchev–Trinajstić information content (AvgIpc) is 3.08. The fraction of sp³-hybridized carbons (Fsp3) is 0.250. The first-order valence-electron chi connectivity index (χ1n) is 6.70. The number of carbonyl (C=O) groups excluding carboxylic acids is 2. The molecule has 21 heavy (non-hydrogen) atoms. The molecule has 0 aliphatic carbocycles. The Balaban J connectivity index is 2.02. The molecule has 1 aliphatic heterocycles. The zero-order valence-corrected chi connectivity index (χ0v) is 13.1. The summed E-state index contributed by atoms with van der Waals surface area (Å²) in [4.78, 5) is 24.4. The van der Waals surface area contributed by atoms with E-state index in [1.54, 1.807) is 18.2 Å². The molecule has 0 bridgehead atoms. The van der Waals surface area contributed by atoms with E-state index in [0.717, 1.165) is 10.2 Å². The molecular formula is C16H14BrNO3. The van der Waals surface area contributed by atoms with Crippen LogP contribution < -0.4 is 0 Å². The molecule has 0 amide bonds. The molecule has 2 aromatic rings. The van der Waals surface area contributed by atoms with Gasteiger partial charge < -0.3 is 9.30 Å². The Bertz CT molecular complexity index is 706. The van der Waals surface area contributed by atoms with E-state index in [1.165, 1.54) is 7.11 Å². The monoisotopic (exact) mass is 347 g/mol. The van der Waals surface area contributed by atoms with Crippen molar-refractivity contribution in [3.05, 3.63) is 57.8 Å². The van der Waals surface area contributed by atoms with E-state index in [1.807, 2.05) is 22.8 Å². The lowest BCUT2D eigenvalue weighted by Crippen LogP contribution is -2.12. The summed E-state index contributed by atoms with van der Waals surface area (Å²) in [7, 11) is 1.39. The van der Waals surface area contributed by atoms with Gasteiger partial charge in [0.15, 0.2) is 0 Å². The first kappa shape index (κ1) is 14.1. The van der Waals surface area contributed by atoms with E-state index in [4.69, 9.17) is 4.74 Å². The molecule has 0 fully saturated rings. The lowest BCUT2D eigenvalue weighted by Gasteiger charge is -2.07. The van der Waals surface area contributed by atoms with Crippen LogP contribution in [0.1, 0.15) is 34.1 Å². The average molecular weight is 348 g/mol. The summed E-state index contributed by atoms with van der Waals surface area (Å²) in [5.41, 5.74) is 2.09. The number of aromatic nitrogens is 1. The summed E-state index contributed by atoms with van der Waals surface area (Å²) < 4.78 is 7.55. The van der Waals surface area contributed by atoms with Crippen molar-refractivity contribution < 1.29 is 14.3 Å². The van der Waals surface area contributed by atoms with E-state index >= 15 is 0 Å². The molecule has 0 radical (unpaired) electrons. The molecule has 0 spiro atoms. The minimum absolute atomic E-state index is 0.0342. The van der Waals surface area contributed by atoms with Crippen LogP contribution in [-0.4, -0.2) is 23.4 Å². The van der Waals surface area contributed by atoms with Crippen molar-refractivity contribution in [2.24, 2.45) is 0 Å². The molecule has 5 heteroatoms. The van der Waals surface area contributed by atoms with Crippen LogP contribution in [-0.2, 0) is 16.1 Å².